The van der Waals surface area contributed by atoms with Crippen LogP contribution in [0.25, 0.3) is 17.4 Å². The van der Waals surface area contributed by atoms with Crippen LogP contribution in [0.3, 0.4) is 0 Å². The lowest BCUT2D eigenvalue weighted by molar-refractivity contribution is -0.384. The number of carbonyl (C=O) groups is 2. The average molecular weight is 465 g/mol. The smallest absolute Gasteiger partial charge is 0.280 e. The van der Waals surface area contributed by atoms with E-state index in [-0.39, 0.29) is 17.4 Å². The van der Waals surface area contributed by atoms with E-state index in [1.54, 1.807) is 61.5 Å². The van der Waals surface area contributed by atoms with Crippen molar-refractivity contribution in [2.45, 2.75) is 13.8 Å². The summed E-state index contributed by atoms with van der Waals surface area (Å²) in [5.41, 5.74) is 2.07. The largest absolute Gasteiger partial charge is 0.456 e. The van der Waals surface area contributed by atoms with Crippen molar-refractivity contribution in [2.75, 3.05) is 4.90 Å². The minimum Gasteiger partial charge on any atom is -0.456 e. The van der Waals surface area contributed by atoms with E-state index in [4.69, 9.17) is 16.6 Å². The Kier molecular flexibility index (Phi) is 5.77. The number of rotatable bonds is 5. The van der Waals surface area contributed by atoms with E-state index in [2.05, 4.69) is 0 Å². The molecule has 7 nitrogen and oxygen atoms in total. The zero-order valence-corrected chi connectivity index (χ0v) is 18.7. The molecule has 160 valence electrons. The van der Waals surface area contributed by atoms with Gasteiger partial charge in [-0.2, -0.15) is 0 Å². The van der Waals surface area contributed by atoms with E-state index in [0.29, 0.717) is 37.6 Å². The lowest BCUT2D eigenvalue weighted by atomic mass is 10.1. The molecule has 2 aromatic carbocycles. The first kappa shape index (κ1) is 21.7. The number of benzene rings is 2. The molecule has 1 aliphatic heterocycles. The molecule has 4 rings (SSSR count). The van der Waals surface area contributed by atoms with Gasteiger partial charge in [-0.05, 0) is 49.7 Å². The predicted molar refractivity (Wildman–Crippen MR) is 128 cm³/mol. The Morgan fingerprint density at radius 3 is 2.69 bits per heavy atom. The maximum Gasteiger partial charge on any atom is 0.280 e. The van der Waals surface area contributed by atoms with Crippen LogP contribution in [0.4, 0.5) is 11.4 Å². The topological polar surface area (TPSA) is 93.7 Å². The van der Waals surface area contributed by atoms with Gasteiger partial charge < -0.3 is 4.42 Å². The second kappa shape index (κ2) is 8.52. The Bertz CT molecular complexity index is 1330. The van der Waals surface area contributed by atoms with Crippen molar-refractivity contribution in [1.29, 1.82) is 0 Å². The van der Waals surface area contributed by atoms with Crippen molar-refractivity contribution in [3.63, 3.8) is 0 Å². The lowest BCUT2D eigenvalue weighted by Gasteiger charge is -2.15. The number of Topliss-reactive ketones (excluding diaryl/α,β-unsaturated/α-hetero) is 1. The summed E-state index contributed by atoms with van der Waals surface area (Å²) in [5.74, 6) is 0.251. The van der Waals surface area contributed by atoms with Gasteiger partial charge >= 0.3 is 0 Å². The number of hydrogen-bond donors (Lipinski definition) is 0. The Morgan fingerprint density at radius 2 is 1.97 bits per heavy atom. The molecular weight excluding hydrogens is 448 g/mol. The zero-order valence-electron chi connectivity index (χ0n) is 17.0. The molecule has 3 aromatic rings. The van der Waals surface area contributed by atoms with Gasteiger partial charge in [0.15, 0.2) is 10.1 Å². The predicted octanol–water partition coefficient (Wildman–Crippen LogP) is 5.77. The van der Waals surface area contributed by atoms with Crippen molar-refractivity contribution in [3.05, 3.63) is 86.5 Å². The summed E-state index contributed by atoms with van der Waals surface area (Å²) in [4.78, 5) is 37.3. The summed E-state index contributed by atoms with van der Waals surface area (Å²) in [6, 6.07) is 14.9. The number of anilines is 1. The Balaban J connectivity index is 1.64. The van der Waals surface area contributed by atoms with Gasteiger partial charge in [-0.15, -0.1) is 0 Å². The van der Waals surface area contributed by atoms with E-state index in [9.17, 15) is 19.7 Å². The van der Waals surface area contributed by atoms with Gasteiger partial charge in [0.2, 0.25) is 0 Å². The maximum absolute atomic E-state index is 13.0. The molecule has 0 bridgehead atoms. The van der Waals surface area contributed by atoms with Crippen molar-refractivity contribution >= 4 is 57.4 Å². The van der Waals surface area contributed by atoms with Crippen LogP contribution in [0.15, 0.2) is 63.9 Å². The SMILES string of the molecule is CC(=O)c1cccc(N2C(=O)/C(=C\c3ccc(-c4ccc(C)cc4[N+](=O)[O-])o3)SC2=S)c1. The molecule has 32 heavy (non-hydrogen) atoms. The first-order valence-electron chi connectivity index (χ1n) is 9.49. The number of thiocarbonyl (C=S) groups is 1. The molecule has 1 fully saturated rings. The lowest BCUT2D eigenvalue weighted by Crippen LogP contribution is -2.27. The summed E-state index contributed by atoms with van der Waals surface area (Å²) >= 11 is 6.49. The van der Waals surface area contributed by atoms with Gasteiger partial charge in [-0.3, -0.25) is 24.6 Å². The molecule has 0 saturated carbocycles. The highest BCUT2D eigenvalue weighted by atomic mass is 32.2. The van der Waals surface area contributed by atoms with Gasteiger partial charge in [-0.25, -0.2) is 0 Å². The molecule has 9 heteroatoms. The summed E-state index contributed by atoms with van der Waals surface area (Å²) in [6.45, 7) is 3.23. The monoisotopic (exact) mass is 464 g/mol. The van der Waals surface area contributed by atoms with E-state index in [1.807, 2.05) is 0 Å². The number of nitrogens with zero attached hydrogens (tertiary/aromatic N) is 2. The van der Waals surface area contributed by atoms with Crippen LogP contribution in [0.2, 0.25) is 0 Å². The minimum absolute atomic E-state index is 0.0532. The third kappa shape index (κ3) is 4.12. The van der Waals surface area contributed by atoms with Crippen LogP contribution in [-0.4, -0.2) is 20.9 Å². The van der Waals surface area contributed by atoms with Gasteiger partial charge in [0.25, 0.3) is 11.6 Å². The number of nitro benzene ring substituents is 1. The first-order valence-corrected chi connectivity index (χ1v) is 10.7. The number of aryl methyl sites for hydroxylation is 1. The van der Waals surface area contributed by atoms with Gasteiger partial charge in [-0.1, -0.05) is 42.2 Å². The van der Waals surface area contributed by atoms with Gasteiger partial charge in [0, 0.05) is 17.7 Å². The number of nitro groups is 1. The Morgan fingerprint density at radius 1 is 1.19 bits per heavy atom. The molecule has 1 aromatic heterocycles. The summed E-state index contributed by atoms with van der Waals surface area (Å²) in [6.07, 6.45) is 1.55. The highest BCUT2D eigenvalue weighted by Crippen LogP contribution is 2.38. The summed E-state index contributed by atoms with van der Waals surface area (Å²) in [5, 5.41) is 11.4. The van der Waals surface area contributed by atoms with Crippen molar-refractivity contribution < 1.29 is 18.9 Å². The fourth-order valence-corrected chi connectivity index (χ4v) is 4.54. The number of amides is 1. The normalized spacial score (nSPS) is 14.9. The Labute approximate surface area is 192 Å². The molecule has 0 N–H and O–H groups in total. The molecule has 2 heterocycles. The molecular formula is C23H16N2O5S2. The van der Waals surface area contributed by atoms with Crippen LogP contribution < -0.4 is 4.90 Å². The minimum atomic E-state index is -0.454. The molecule has 1 saturated heterocycles. The van der Waals surface area contributed by atoms with Crippen molar-refractivity contribution in [2.24, 2.45) is 0 Å². The Hall–Kier alpha value is -3.56. The summed E-state index contributed by atoms with van der Waals surface area (Å²) in [7, 11) is 0. The summed E-state index contributed by atoms with van der Waals surface area (Å²) < 4.78 is 6.12. The molecule has 1 aliphatic rings. The standard InChI is InChI=1S/C23H16N2O5S2/c1-13-6-8-18(19(10-13)25(28)29)20-9-7-17(30-20)12-21-22(27)24(23(31)32-21)16-5-3-4-15(11-16)14(2)26/h3-12H,1-2H3/b21-12+. The van der Waals surface area contributed by atoms with E-state index >= 15 is 0 Å². The zero-order chi connectivity index (χ0) is 23.0. The van der Waals surface area contributed by atoms with Gasteiger partial charge in [0.1, 0.15) is 11.5 Å². The number of hydrogen-bond acceptors (Lipinski definition) is 7. The molecule has 0 radical (unpaired) electrons. The van der Waals surface area contributed by atoms with Crippen molar-refractivity contribution in [1.82, 2.24) is 0 Å². The molecule has 0 atom stereocenters. The number of thioether (sulfide) groups is 1. The highest BCUT2D eigenvalue weighted by molar-refractivity contribution is 8.27. The van der Waals surface area contributed by atoms with Crippen LogP contribution in [0.5, 0.6) is 0 Å². The van der Waals surface area contributed by atoms with Crippen LogP contribution in [-0.2, 0) is 4.79 Å². The molecule has 0 unspecified atom stereocenters. The van der Waals surface area contributed by atoms with E-state index in [1.165, 1.54) is 17.9 Å². The average Bonchev–Trinajstić information content (AvgIpc) is 3.32. The number of ketones is 1. The third-order valence-electron chi connectivity index (χ3n) is 4.82. The fourth-order valence-electron chi connectivity index (χ4n) is 3.26. The molecule has 1 amide bonds. The quantitative estimate of drug-likeness (QED) is 0.155. The highest BCUT2D eigenvalue weighted by Gasteiger charge is 2.34. The third-order valence-corrected chi connectivity index (χ3v) is 6.12. The first-order chi connectivity index (χ1) is 15.2. The molecule has 0 spiro atoms. The second-order valence-corrected chi connectivity index (χ2v) is 8.78. The maximum atomic E-state index is 13.0. The molecule has 0 aliphatic carbocycles. The number of furan rings is 1. The van der Waals surface area contributed by atoms with Crippen molar-refractivity contribution in [3.8, 4) is 11.3 Å². The van der Waals surface area contributed by atoms with E-state index in [0.717, 1.165) is 17.3 Å². The number of carbonyl (C=O) groups excluding carboxylic acids is 2. The fraction of sp³-hybridized carbons (Fsp3) is 0.0870. The van der Waals surface area contributed by atoms with Gasteiger partial charge in [0.05, 0.1) is 21.1 Å². The van der Waals surface area contributed by atoms with E-state index < -0.39 is 4.92 Å². The second-order valence-electron chi connectivity index (χ2n) is 7.10. The van der Waals surface area contributed by atoms with Crippen LogP contribution in [0.1, 0.15) is 28.6 Å². The van der Waals surface area contributed by atoms with Crippen LogP contribution >= 0.6 is 24.0 Å². The van der Waals surface area contributed by atoms with Crippen LogP contribution in [0, 0.1) is 17.0 Å².